The standard InChI is InChI=1S/C51H36F6N2O6/c1-29-25-31(3)47(33-5-13-37(14-6-33)64-39-17-9-35(10-18-39)58-43(60)21-22-44(58)61)41(27-29)49(50(52,53)54,51(55,56)57)42-28-30(2)26-32(4)48(42)34-7-15-38(16-8-34)65-40-19-11-36(12-20-40)59-45(62)23-24-46(59)63/h5-28H,1-4H3. The van der Waals surface area contributed by atoms with Gasteiger partial charge in [0.25, 0.3) is 23.6 Å². The molecule has 8 nitrogen and oxygen atoms in total. The quantitative estimate of drug-likeness (QED) is 0.100. The smallest absolute Gasteiger partial charge is 0.411 e. The monoisotopic (exact) mass is 886 g/mol. The minimum atomic E-state index is -5.93. The highest BCUT2D eigenvalue weighted by Crippen LogP contribution is 2.61. The molecule has 0 saturated carbocycles. The van der Waals surface area contributed by atoms with E-state index < -0.39 is 52.5 Å². The molecule has 14 heteroatoms. The molecule has 6 aromatic carbocycles. The Kier molecular flexibility index (Phi) is 11.1. The largest absolute Gasteiger partial charge is 0.457 e. The molecule has 0 fully saturated rings. The van der Waals surface area contributed by atoms with E-state index in [0.717, 1.165) is 46.2 Å². The average molecular weight is 887 g/mol. The van der Waals surface area contributed by atoms with E-state index in [1.54, 1.807) is 0 Å². The maximum Gasteiger partial charge on any atom is 0.411 e. The van der Waals surface area contributed by atoms with Crippen LogP contribution in [0.2, 0.25) is 0 Å². The van der Waals surface area contributed by atoms with Crippen molar-refractivity contribution in [3.63, 3.8) is 0 Å². The Labute approximate surface area is 368 Å². The van der Waals surface area contributed by atoms with Crippen LogP contribution in [0.3, 0.4) is 0 Å². The summed E-state index contributed by atoms with van der Waals surface area (Å²) in [6, 6.07) is 28.3. The van der Waals surface area contributed by atoms with Crippen LogP contribution in [-0.2, 0) is 24.6 Å². The Balaban J connectivity index is 1.18. The van der Waals surface area contributed by atoms with Gasteiger partial charge in [0, 0.05) is 24.3 Å². The summed E-state index contributed by atoms with van der Waals surface area (Å²) >= 11 is 0. The van der Waals surface area contributed by atoms with Crippen LogP contribution >= 0.6 is 0 Å². The molecule has 0 aliphatic carbocycles. The number of ether oxygens (including phenoxy) is 2. The van der Waals surface area contributed by atoms with Crippen molar-refractivity contribution in [3.05, 3.63) is 179 Å². The van der Waals surface area contributed by atoms with E-state index in [2.05, 4.69) is 0 Å². The van der Waals surface area contributed by atoms with Crippen molar-refractivity contribution in [2.24, 2.45) is 0 Å². The molecular weight excluding hydrogens is 851 g/mol. The zero-order valence-electron chi connectivity index (χ0n) is 35.0. The fraction of sp³-hybridized carbons (Fsp3) is 0.137. The minimum Gasteiger partial charge on any atom is -0.457 e. The molecule has 0 N–H and O–H groups in total. The molecule has 8 rings (SSSR count). The van der Waals surface area contributed by atoms with Gasteiger partial charge in [-0.2, -0.15) is 26.3 Å². The van der Waals surface area contributed by atoms with Gasteiger partial charge in [-0.1, -0.05) is 59.7 Å². The molecular formula is C51H36F6N2O6. The van der Waals surface area contributed by atoms with Crippen molar-refractivity contribution >= 4 is 35.0 Å². The van der Waals surface area contributed by atoms with E-state index in [0.29, 0.717) is 11.4 Å². The van der Waals surface area contributed by atoms with Crippen LogP contribution in [-0.4, -0.2) is 36.0 Å². The van der Waals surface area contributed by atoms with Crippen LogP contribution in [0.1, 0.15) is 33.4 Å². The molecule has 4 amide bonds. The van der Waals surface area contributed by atoms with Gasteiger partial charge in [0.1, 0.15) is 23.0 Å². The highest BCUT2D eigenvalue weighted by molar-refractivity contribution is 6.28. The Hall–Kier alpha value is -7.74. The maximum atomic E-state index is 16.3. The lowest BCUT2D eigenvalue weighted by Crippen LogP contribution is -2.55. The number of halogens is 6. The molecule has 328 valence electrons. The summed E-state index contributed by atoms with van der Waals surface area (Å²) in [5, 5.41) is 0. The first-order valence-electron chi connectivity index (χ1n) is 20.0. The highest BCUT2D eigenvalue weighted by Gasteiger charge is 2.74. The number of nitrogens with zero attached hydrogens (tertiary/aromatic N) is 2. The lowest BCUT2D eigenvalue weighted by Gasteiger charge is -2.41. The number of rotatable bonds is 10. The molecule has 0 aromatic heterocycles. The fourth-order valence-corrected chi connectivity index (χ4v) is 8.50. The molecule has 2 heterocycles. The van der Waals surface area contributed by atoms with Crippen LogP contribution in [0.25, 0.3) is 22.3 Å². The van der Waals surface area contributed by atoms with Gasteiger partial charge in [0.15, 0.2) is 0 Å². The van der Waals surface area contributed by atoms with Crippen LogP contribution in [0, 0.1) is 27.7 Å². The summed E-state index contributed by atoms with van der Waals surface area (Å²) in [6.45, 7) is 5.84. The first kappa shape index (κ1) is 43.9. The number of alkyl halides is 6. The topological polar surface area (TPSA) is 93.2 Å². The summed E-state index contributed by atoms with van der Waals surface area (Å²) in [5.74, 6) is -0.999. The van der Waals surface area contributed by atoms with Crippen molar-refractivity contribution in [1.82, 2.24) is 0 Å². The summed E-state index contributed by atoms with van der Waals surface area (Å²) in [6.07, 6.45) is -7.27. The normalized spacial score (nSPS) is 14.2. The van der Waals surface area contributed by atoms with Crippen molar-refractivity contribution in [1.29, 1.82) is 0 Å². The molecule has 65 heavy (non-hydrogen) atoms. The third kappa shape index (κ3) is 7.96. The van der Waals surface area contributed by atoms with Gasteiger partial charge in [-0.3, -0.25) is 19.2 Å². The number of amides is 4. The highest BCUT2D eigenvalue weighted by atomic mass is 19.4. The number of hydrogen-bond donors (Lipinski definition) is 0. The lowest BCUT2D eigenvalue weighted by atomic mass is 9.66. The number of anilines is 2. The zero-order valence-corrected chi connectivity index (χ0v) is 35.0. The van der Waals surface area contributed by atoms with Gasteiger partial charge in [-0.05, 0) is 145 Å². The van der Waals surface area contributed by atoms with Crippen molar-refractivity contribution in [3.8, 4) is 45.3 Å². The molecule has 0 spiro atoms. The van der Waals surface area contributed by atoms with Crippen LogP contribution in [0.5, 0.6) is 23.0 Å². The maximum absolute atomic E-state index is 16.3. The third-order valence-electron chi connectivity index (χ3n) is 11.2. The van der Waals surface area contributed by atoms with Gasteiger partial charge < -0.3 is 9.47 Å². The summed E-state index contributed by atoms with van der Waals surface area (Å²) in [5.41, 5.74) is -5.57. The average Bonchev–Trinajstić information content (AvgIpc) is 3.76. The van der Waals surface area contributed by atoms with Crippen molar-refractivity contribution < 1.29 is 55.0 Å². The fourth-order valence-electron chi connectivity index (χ4n) is 8.50. The predicted molar refractivity (Wildman–Crippen MR) is 232 cm³/mol. The Morgan fingerprint density at radius 1 is 0.400 bits per heavy atom. The number of hydrogen-bond acceptors (Lipinski definition) is 6. The molecule has 0 atom stereocenters. The first-order chi connectivity index (χ1) is 30.8. The SMILES string of the molecule is Cc1cc(C)c(-c2ccc(Oc3ccc(N4C(=O)C=CC4=O)cc3)cc2)c(C(c2cc(C)cc(C)c2-c2ccc(Oc3ccc(N4C(=O)C=CC4=O)cc3)cc2)(C(F)(F)F)C(F)(F)F)c1. The van der Waals surface area contributed by atoms with Crippen LogP contribution in [0.4, 0.5) is 37.7 Å². The predicted octanol–water partition coefficient (Wildman–Crippen LogP) is 12.1. The van der Waals surface area contributed by atoms with Crippen molar-refractivity contribution in [2.75, 3.05) is 9.80 Å². The van der Waals surface area contributed by atoms with Gasteiger partial charge in [-0.25, -0.2) is 9.80 Å². The minimum absolute atomic E-state index is 0.0763. The second kappa shape index (κ2) is 16.4. The van der Waals surface area contributed by atoms with Crippen molar-refractivity contribution in [2.45, 2.75) is 45.5 Å². The van der Waals surface area contributed by atoms with E-state index in [1.807, 2.05) is 0 Å². The molecule has 0 unspecified atom stereocenters. The zero-order chi connectivity index (χ0) is 46.6. The summed E-state index contributed by atoms with van der Waals surface area (Å²) in [4.78, 5) is 50.3. The number of aryl methyl sites for hydroxylation is 4. The third-order valence-corrected chi connectivity index (χ3v) is 11.2. The Morgan fingerprint density at radius 3 is 0.954 bits per heavy atom. The number of carbonyl (C=O) groups is 4. The Bertz CT molecular complexity index is 2720. The number of carbonyl (C=O) groups excluding carboxylic acids is 4. The second-order valence-electron chi connectivity index (χ2n) is 15.7. The van der Waals surface area contributed by atoms with E-state index in [9.17, 15) is 19.2 Å². The van der Waals surface area contributed by atoms with Gasteiger partial charge >= 0.3 is 12.4 Å². The molecule has 2 aliphatic rings. The molecule has 0 bridgehead atoms. The molecule has 0 saturated heterocycles. The van der Waals surface area contributed by atoms with E-state index in [1.165, 1.54) is 137 Å². The van der Waals surface area contributed by atoms with E-state index in [-0.39, 0.29) is 67.5 Å². The Morgan fingerprint density at radius 2 is 0.677 bits per heavy atom. The molecule has 0 radical (unpaired) electrons. The van der Waals surface area contributed by atoms with Gasteiger partial charge in [-0.15, -0.1) is 0 Å². The number of benzene rings is 6. The van der Waals surface area contributed by atoms with E-state index in [4.69, 9.17) is 9.47 Å². The number of imide groups is 2. The van der Waals surface area contributed by atoms with Crippen LogP contribution in [0.15, 0.2) is 146 Å². The van der Waals surface area contributed by atoms with Crippen LogP contribution < -0.4 is 19.3 Å². The second-order valence-corrected chi connectivity index (χ2v) is 15.7. The van der Waals surface area contributed by atoms with Gasteiger partial charge in [0.05, 0.1) is 11.4 Å². The van der Waals surface area contributed by atoms with E-state index >= 15 is 26.3 Å². The molecule has 6 aromatic rings. The van der Waals surface area contributed by atoms with Gasteiger partial charge in [0.2, 0.25) is 5.41 Å². The lowest BCUT2D eigenvalue weighted by molar-refractivity contribution is -0.288. The summed E-state index contributed by atoms with van der Waals surface area (Å²) < 4.78 is 109. The summed E-state index contributed by atoms with van der Waals surface area (Å²) in [7, 11) is 0. The first-order valence-corrected chi connectivity index (χ1v) is 20.0. The molecule has 2 aliphatic heterocycles.